The number of amides is 2. The highest BCUT2D eigenvalue weighted by atomic mass is 79.9. The second-order valence-electron chi connectivity index (χ2n) is 6.89. The summed E-state index contributed by atoms with van der Waals surface area (Å²) in [5.41, 5.74) is 0.382. The summed E-state index contributed by atoms with van der Waals surface area (Å²) in [7, 11) is 0. The van der Waals surface area contributed by atoms with Crippen LogP contribution in [-0.4, -0.2) is 50.3 Å². The lowest BCUT2D eigenvalue weighted by atomic mass is 9.96. The van der Waals surface area contributed by atoms with E-state index in [1.54, 1.807) is 38.1 Å². The summed E-state index contributed by atoms with van der Waals surface area (Å²) < 4.78 is 0.129. The number of likely N-dealkylation sites (tertiary alicyclic amines) is 1. The number of ketones is 1. The third-order valence-electron chi connectivity index (χ3n) is 5.14. The number of quaternary nitrogens is 1. The standard InChI is InChI=1S/C19H22BrNO5S/c1-11-5-4-10-21(11,19(25)26)18(24)12(2)17(27-13(3)22)16(23)14-6-8-15(20)9-7-14/h6-9,11-12,17H,4-5,10H2,1-3H3/p+1/t11?,12?,17-,21+/m0/s1. The first-order chi connectivity index (χ1) is 12.6. The number of hydrogen-bond donors (Lipinski definition) is 1. The smallest absolute Gasteiger partial charge is 0.435 e. The molecule has 1 fully saturated rings. The van der Waals surface area contributed by atoms with E-state index in [1.807, 2.05) is 0 Å². The number of Topliss-reactive ketones (excluding diaryl/α,β-unsaturated/α-hetero) is 1. The highest BCUT2D eigenvalue weighted by Gasteiger charge is 2.56. The zero-order valence-corrected chi connectivity index (χ0v) is 17.9. The summed E-state index contributed by atoms with van der Waals surface area (Å²) in [6, 6.07) is 6.31. The molecule has 1 saturated heterocycles. The molecule has 1 N–H and O–H groups in total. The lowest BCUT2D eigenvalue weighted by Gasteiger charge is -2.33. The maximum atomic E-state index is 13.2. The van der Waals surface area contributed by atoms with E-state index < -0.39 is 27.7 Å². The van der Waals surface area contributed by atoms with Crippen LogP contribution in [-0.2, 0) is 9.59 Å². The van der Waals surface area contributed by atoms with Gasteiger partial charge in [-0.2, -0.15) is 9.28 Å². The number of halogens is 1. The van der Waals surface area contributed by atoms with Crippen molar-refractivity contribution in [2.24, 2.45) is 5.92 Å². The average Bonchev–Trinajstić information content (AvgIpc) is 3.01. The van der Waals surface area contributed by atoms with Crippen molar-refractivity contribution in [3.63, 3.8) is 0 Å². The van der Waals surface area contributed by atoms with Gasteiger partial charge in [0.25, 0.3) is 0 Å². The SMILES string of the molecule is CC(=O)S[C@H](C(=O)c1ccc(Br)cc1)C(C)C(=O)[N@@+]1(C(=O)O)CCCC1C. The van der Waals surface area contributed by atoms with Crippen molar-refractivity contribution < 1.29 is 28.8 Å². The summed E-state index contributed by atoms with van der Waals surface area (Å²) in [4.78, 5) is 50.0. The number of thioether (sulfide) groups is 1. The number of carbonyl (C=O) groups excluding carboxylic acids is 3. The molecule has 1 aliphatic heterocycles. The van der Waals surface area contributed by atoms with Crippen LogP contribution < -0.4 is 0 Å². The van der Waals surface area contributed by atoms with Gasteiger partial charge in [0, 0.05) is 29.8 Å². The Bertz CT molecular complexity index is 766. The molecular formula is C19H23BrNO5S+. The van der Waals surface area contributed by atoms with E-state index >= 15 is 0 Å². The molecule has 2 amide bonds. The number of rotatable bonds is 5. The number of hydrogen-bond acceptors (Lipinski definition) is 5. The van der Waals surface area contributed by atoms with E-state index in [0.29, 0.717) is 18.4 Å². The molecule has 1 aromatic rings. The fourth-order valence-corrected chi connectivity index (χ4v) is 4.80. The van der Waals surface area contributed by atoms with Crippen LogP contribution in [0.2, 0.25) is 0 Å². The van der Waals surface area contributed by atoms with Crippen molar-refractivity contribution >= 4 is 50.6 Å². The van der Waals surface area contributed by atoms with Crippen molar-refractivity contribution in [1.82, 2.24) is 0 Å². The maximum Gasteiger partial charge on any atom is 0.521 e. The molecule has 1 aromatic carbocycles. The zero-order chi connectivity index (χ0) is 20.4. The van der Waals surface area contributed by atoms with Crippen LogP contribution in [0.3, 0.4) is 0 Å². The molecule has 0 saturated carbocycles. The summed E-state index contributed by atoms with van der Waals surface area (Å²) >= 11 is 4.10. The van der Waals surface area contributed by atoms with E-state index in [9.17, 15) is 24.3 Å². The number of imide groups is 1. The number of carboxylic acid groups (broad SMARTS) is 1. The molecule has 2 unspecified atom stereocenters. The van der Waals surface area contributed by atoms with Gasteiger partial charge >= 0.3 is 12.0 Å². The van der Waals surface area contributed by atoms with Crippen molar-refractivity contribution in [3.05, 3.63) is 34.3 Å². The Morgan fingerprint density at radius 1 is 1.22 bits per heavy atom. The summed E-state index contributed by atoms with van der Waals surface area (Å²) in [5.74, 6) is -1.78. The quantitative estimate of drug-likeness (QED) is 0.529. The van der Waals surface area contributed by atoms with Crippen molar-refractivity contribution in [2.75, 3.05) is 6.54 Å². The molecule has 1 heterocycles. The predicted molar refractivity (Wildman–Crippen MR) is 107 cm³/mol. The van der Waals surface area contributed by atoms with E-state index in [-0.39, 0.29) is 23.5 Å². The van der Waals surface area contributed by atoms with Gasteiger partial charge in [-0.25, -0.2) is 4.79 Å². The van der Waals surface area contributed by atoms with Gasteiger partial charge in [0.2, 0.25) is 0 Å². The molecule has 8 heteroatoms. The second-order valence-corrected chi connectivity index (χ2v) is 9.13. The molecule has 0 spiro atoms. The largest absolute Gasteiger partial charge is 0.521 e. The number of nitrogens with zero attached hydrogens (tertiary/aromatic N) is 1. The maximum absolute atomic E-state index is 13.2. The molecule has 0 aromatic heterocycles. The van der Waals surface area contributed by atoms with Crippen LogP contribution in [0.15, 0.2) is 28.7 Å². The lowest BCUT2D eigenvalue weighted by Crippen LogP contribution is -2.61. The van der Waals surface area contributed by atoms with Crippen LogP contribution in [0.25, 0.3) is 0 Å². The second kappa shape index (κ2) is 8.67. The average molecular weight is 457 g/mol. The van der Waals surface area contributed by atoms with Gasteiger partial charge in [0.05, 0.1) is 17.7 Å². The minimum Gasteiger partial charge on any atom is -0.435 e. The van der Waals surface area contributed by atoms with Crippen LogP contribution in [0.1, 0.15) is 44.0 Å². The van der Waals surface area contributed by atoms with Gasteiger partial charge in [-0.1, -0.05) is 39.8 Å². The Morgan fingerprint density at radius 3 is 2.26 bits per heavy atom. The van der Waals surface area contributed by atoms with Gasteiger partial charge in [0.15, 0.2) is 10.9 Å². The first kappa shape index (κ1) is 21.8. The normalized spacial score (nSPS) is 24.2. The van der Waals surface area contributed by atoms with Crippen LogP contribution in [0.5, 0.6) is 0 Å². The van der Waals surface area contributed by atoms with Crippen LogP contribution in [0.4, 0.5) is 4.79 Å². The fraction of sp³-hybridized carbons (Fsp3) is 0.474. The molecule has 27 heavy (non-hydrogen) atoms. The monoisotopic (exact) mass is 456 g/mol. The highest BCUT2D eigenvalue weighted by molar-refractivity contribution is 9.10. The lowest BCUT2D eigenvalue weighted by molar-refractivity contribution is -0.794. The minimum absolute atomic E-state index is 0.212. The molecular weight excluding hydrogens is 434 g/mol. The zero-order valence-electron chi connectivity index (χ0n) is 15.5. The van der Waals surface area contributed by atoms with E-state index in [0.717, 1.165) is 16.2 Å². The number of carbonyl (C=O) groups is 4. The van der Waals surface area contributed by atoms with Gasteiger partial charge in [-0.3, -0.25) is 9.59 Å². The molecule has 0 radical (unpaired) electrons. The Hall–Kier alpha value is -1.51. The van der Waals surface area contributed by atoms with Crippen molar-refractivity contribution in [3.8, 4) is 0 Å². The molecule has 0 bridgehead atoms. The van der Waals surface area contributed by atoms with E-state index in [1.165, 1.54) is 6.92 Å². The Balaban J connectivity index is 2.39. The summed E-state index contributed by atoms with van der Waals surface area (Å²) in [6.45, 7) is 4.84. The minimum atomic E-state index is -1.19. The van der Waals surface area contributed by atoms with Gasteiger partial charge < -0.3 is 5.11 Å². The topological polar surface area (TPSA) is 88.5 Å². The molecule has 1 aliphatic rings. The molecule has 146 valence electrons. The predicted octanol–water partition coefficient (Wildman–Crippen LogP) is 4.12. The van der Waals surface area contributed by atoms with Crippen LogP contribution in [0, 0.1) is 5.92 Å². The molecule has 4 atom stereocenters. The Morgan fingerprint density at radius 2 is 1.81 bits per heavy atom. The van der Waals surface area contributed by atoms with Gasteiger partial charge in [0.1, 0.15) is 6.04 Å². The first-order valence-electron chi connectivity index (χ1n) is 8.74. The Kier molecular flexibility index (Phi) is 6.99. The third-order valence-corrected chi connectivity index (χ3v) is 6.88. The number of benzene rings is 1. The van der Waals surface area contributed by atoms with Crippen molar-refractivity contribution in [2.45, 2.75) is 44.9 Å². The highest BCUT2D eigenvalue weighted by Crippen LogP contribution is 2.34. The van der Waals surface area contributed by atoms with E-state index in [2.05, 4.69) is 15.9 Å². The summed E-state index contributed by atoms with van der Waals surface area (Å²) in [5, 5.41) is 8.54. The Labute approximate surface area is 171 Å². The van der Waals surface area contributed by atoms with Crippen molar-refractivity contribution in [1.29, 1.82) is 0 Å². The third kappa shape index (κ3) is 4.33. The van der Waals surface area contributed by atoms with Gasteiger partial charge in [-0.15, -0.1) is 0 Å². The summed E-state index contributed by atoms with van der Waals surface area (Å²) in [6.07, 6.45) is 0.0760. The fourth-order valence-electron chi connectivity index (χ4n) is 3.62. The molecule has 2 rings (SSSR count). The first-order valence-corrected chi connectivity index (χ1v) is 10.4. The molecule has 6 nitrogen and oxygen atoms in total. The van der Waals surface area contributed by atoms with Crippen LogP contribution >= 0.6 is 27.7 Å². The van der Waals surface area contributed by atoms with Gasteiger partial charge in [-0.05, 0) is 26.0 Å². The molecule has 0 aliphatic carbocycles. The van der Waals surface area contributed by atoms with E-state index in [4.69, 9.17) is 0 Å².